The van der Waals surface area contributed by atoms with Gasteiger partial charge in [0, 0.05) is 11.8 Å². The molecule has 0 amide bonds. The summed E-state index contributed by atoms with van der Waals surface area (Å²) >= 11 is 5.57. The summed E-state index contributed by atoms with van der Waals surface area (Å²) in [5.41, 5.74) is 0.393. The second-order valence-corrected chi connectivity index (χ2v) is 4.00. The van der Waals surface area contributed by atoms with Crippen LogP contribution < -0.4 is 0 Å². The molecule has 0 saturated carbocycles. The van der Waals surface area contributed by atoms with E-state index >= 15 is 0 Å². The predicted octanol–water partition coefficient (Wildman–Crippen LogP) is 1.90. The molecule has 0 bridgehead atoms. The largest absolute Gasteiger partial charge is 0.303 e. The van der Waals surface area contributed by atoms with Crippen molar-refractivity contribution in [2.75, 3.05) is 0 Å². The number of halogens is 1. The van der Waals surface area contributed by atoms with Crippen molar-refractivity contribution in [3.8, 4) is 0 Å². The third kappa shape index (κ3) is 3.11. The first-order valence-electron chi connectivity index (χ1n) is 3.96. The Morgan fingerprint density at radius 1 is 1.46 bits per heavy atom. The minimum atomic E-state index is -0.386. The molecule has 0 aliphatic carbocycles. The summed E-state index contributed by atoms with van der Waals surface area (Å²) in [6.07, 6.45) is 4.58. The zero-order valence-corrected chi connectivity index (χ0v) is 8.38. The van der Waals surface area contributed by atoms with Gasteiger partial charge >= 0.3 is 0 Å². The van der Waals surface area contributed by atoms with Gasteiger partial charge in [0.25, 0.3) is 0 Å². The van der Waals surface area contributed by atoms with Gasteiger partial charge < -0.3 is 4.79 Å². The van der Waals surface area contributed by atoms with Gasteiger partial charge in [-0.25, -0.2) is 4.98 Å². The molecule has 0 atom stereocenters. The Morgan fingerprint density at radius 2 is 2.15 bits per heavy atom. The van der Waals surface area contributed by atoms with Crippen molar-refractivity contribution in [1.29, 1.82) is 0 Å². The molecular formula is C9H11ClN2O. The zero-order chi connectivity index (χ0) is 9.90. The number of hydrogen-bond acceptors (Lipinski definition) is 3. The van der Waals surface area contributed by atoms with Crippen LogP contribution in [0.5, 0.6) is 0 Å². The molecule has 3 nitrogen and oxygen atoms in total. The number of hydrogen-bond donors (Lipinski definition) is 0. The molecule has 1 aromatic heterocycles. The Balaban J connectivity index is 2.75. The predicted molar refractivity (Wildman–Crippen MR) is 50.6 cm³/mol. The van der Waals surface area contributed by atoms with Crippen LogP contribution in [0.15, 0.2) is 12.4 Å². The Labute approximate surface area is 82.2 Å². The fourth-order valence-corrected chi connectivity index (χ4v) is 1.04. The van der Waals surface area contributed by atoms with Crippen LogP contribution in [0.1, 0.15) is 19.5 Å². The van der Waals surface area contributed by atoms with Crippen LogP contribution in [-0.2, 0) is 11.2 Å². The lowest BCUT2D eigenvalue weighted by Crippen LogP contribution is -2.17. The molecule has 0 unspecified atom stereocenters. The average Bonchev–Trinajstić information content (AvgIpc) is 2.09. The van der Waals surface area contributed by atoms with Gasteiger partial charge in [0.15, 0.2) is 0 Å². The number of aldehydes is 1. The fraction of sp³-hybridized carbons (Fsp3) is 0.444. The number of carbonyl (C=O) groups excluding carboxylic acids is 1. The first-order chi connectivity index (χ1) is 6.03. The summed E-state index contributed by atoms with van der Waals surface area (Å²) in [6.45, 7) is 3.71. The maximum Gasteiger partial charge on any atom is 0.147 e. The molecule has 13 heavy (non-hydrogen) atoms. The highest BCUT2D eigenvalue weighted by atomic mass is 35.5. The molecule has 0 aromatic carbocycles. The van der Waals surface area contributed by atoms with Crippen molar-refractivity contribution < 1.29 is 4.79 Å². The molecule has 1 aromatic rings. The minimum Gasteiger partial charge on any atom is -0.303 e. The molecule has 0 radical (unpaired) electrons. The maximum atomic E-state index is 10.6. The smallest absolute Gasteiger partial charge is 0.147 e. The second-order valence-electron chi connectivity index (χ2n) is 3.61. The first-order valence-corrected chi connectivity index (χ1v) is 4.34. The Morgan fingerprint density at radius 3 is 2.62 bits per heavy atom. The van der Waals surface area contributed by atoms with E-state index in [1.165, 1.54) is 6.20 Å². The van der Waals surface area contributed by atoms with Crippen LogP contribution in [0.3, 0.4) is 0 Å². The van der Waals surface area contributed by atoms with Gasteiger partial charge in [0.1, 0.15) is 11.4 Å². The molecule has 0 aliphatic heterocycles. The minimum absolute atomic E-state index is 0.368. The molecule has 0 spiro atoms. The monoisotopic (exact) mass is 198 g/mol. The van der Waals surface area contributed by atoms with Crippen molar-refractivity contribution in [3.05, 3.63) is 23.2 Å². The van der Waals surface area contributed by atoms with Gasteiger partial charge in [-0.15, -0.1) is 0 Å². The molecule has 1 heterocycles. The van der Waals surface area contributed by atoms with E-state index in [0.29, 0.717) is 11.6 Å². The van der Waals surface area contributed by atoms with Gasteiger partial charge in [0.2, 0.25) is 0 Å². The molecule has 0 saturated heterocycles. The van der Waals surface area contributed by atoms with Gasteiger partial charge in [-0.3, -0.25) is 4.98 Å². The molecule has 0 N–H and O–H groups in total. The molecule has 70 valence electrons. The van der Waals surface area contributed by atoms with E-state index in [4.69, 9.17) is 11.6 Å². The van der Waals surface area contributed by atoms with E-state index < -0.39 is 0 Å². The highest BCUT2D eigenvalue weighted by Crippen LogP contribution is 2.17. The maximum absolute atomic E-state index is 10.6. The van der Waals surface area contributed by atoms with Crippen LogP contribution >= 0.6 is 11.6 Å². The van der Waals surface area contributed by atoms with Crippen LogP contribution in [-0.4, -0.2) is 16.3 Å². The van der Waals surface area contributed by atoms with Crippen molar-refractivity contribution in [1.82, 2.24) is 9.97 Å². The lowest BCUT2D eigenvalue weighted by Gasteiger charge is -2.14. The van der Waals surface area contributed by atoms with Gasteiger partial charge in [-0.1, -0.05) is 25.4 Å². The number of aromatic nitrogens is 2. The second kappa shape index (κ2) is 3.83. The van der Waals surface area contributed by atoms with E-state index in [1.54, 1.807) is 6.20 Å². The first kappa shape index (κ1) is 10.1. The van der Waals surface area contributed by atoms with E-state index in [9.17, 15) is 4.79 Å². The highest BCUT2D eigenvalue weighted by molar-refractivity contribution is 6.29. The summed E-state index contributed by atoms with van der Waals surface area (Å²) < 4.78 is 0. The quantitative estimate of drug-likeness (QED) is 0.697. The van der Waals surface area contributed by atoms with Crippen LogP contribution in [0, 0.1) is 5.41 Å². The number of rotatable bonds is 3. The van der Waals surface area contributed by atoms with Gasteiger partial charge in [-0.05, 0) is 0 Å². The van der Waals surface area contributed by atoms with E-state index in [0.717, 1.165) is 12.0 Å². The van der Waals surface area contributed by atoms with Crippen molar-refractivity contribution in [3.63, 3.8) is 0 Å². The van der Waals surface area contributed by atoms with Crippen molar-refractivity contribution >= 4 is 17.9 Å². The molecule has 0 fully saturated rings. The normalized spacial score (nSPS) is 11.3. The molecule has 1 rings (SSSR count). The Bertz CT molecular complexity index is 295. The Hall–Kier alpha value is -0.960. The van der Waals surface area contributed by atoms with Gasteiger partial charge in [-0.2, -0.15) is 0 Å². The fourth-order valence-electron chi connectivity index (χ4n) is 0.939. The summed E-state index contributed by atoms with van der Waals surface area (Å²) in [5, 5.41) is 0.368. The van der Waals surface area contributed by atoms with Gasteiger partial charge in [0.05, 0.1) is 18.1 Å². The number of carbonyl (C=O) groups is 1. The third-order valence-electron chi connectivity index (χ3n) is 1.63. The van der Waals surface area contributed by atoms with Crippen LogP contribution in [0.25, 0.3) is 0 Å². The third-order valence-corrected chi connectivity index (χ3v) is 1.82. The molecule has 0 aliphatic rings. The number of nitrogens with zero attached hydrogens (tertiary/aromatic N) is 2. The lowest BCUT2D eigenvalue weighted by molar-refractivity contribution is -0.114. The van der Waals surface area contributed by atoms with Crippen molar-refractivity contribution in [2.45, 2.75) is 20.3 Å². The summed E-state index contributed by atoms with van der Waals surface area (Å²) in [6, 6.07) is 0. The highest BCUT2D eigenvalue weighted by Gasteiger charge is 2.17. The summed E-state index contributed by atoms with van der Waals surface area (Å²) in [7, 11) is 0. The van der Waals surface area contributed by atoms with Crippen molar-refractivity contribution in [2.24, 2.45) is 5.41 Å². The molecule has 4 heteroatoms. The lowest BCUT2D eigenvalue weighted by atomic mass is 9.90. The standard InChI is InChI=1S/C9H11ClN2O/c1-9(2,6-13)3-7-4-12-8(10)5-11-7/h4-6H,3H2,1-2H3. The van der Waals surface area contributed by atoms with E-state index in [1.807, 2.05) is 13.8 Å². The molecular weight excluding hydrogens is 188 g/mol. The topological polar surface area (TPSA) is 42.9 Å². The van der Waals surface area contributed by atoms with E-state index in [-0.39, 0.29) is 5.41 Å². The van der Waals surface area contributed by atoms with Crippen LogP contribution in [0.2, 0.25) is 5.15 Å². The van der Waals surface area contributed by atoms with E-state index in [2.05, 4.69) is 9.97 Å². The summed E-state index contributed by atoms with van der Waals surface area (Å²) in [4.78, 5) is 18.6. The average molecular weight is 199 g/mol. The SMILES string of the molecule is CC(C)(C=O)Cc1cnc(Cl)cn1. The Kier molecular flexibility index (Phi) is 2.98. The summed E-state index contributed by atoms with van der Waals surface area (Å²) in [5.74, 6) is 0. The zero-order valence-electron chi connectivity index (χ0n) is 7.62. The van der Waals surface area contributed by atoms with Crippen LogP contribution in [0.4, 0.5) is 0 Å².